The van der Waals surface area contributed by atoms with Crippen LogP contribution in [0.1, 0.15) is 6.42 Å². The van der Waals surface area contributed by atoms with Crippen molar-refractivity contribution in [3.8, 4) is 0 Å². The summed E-state index contributed by atoms with van der Waals surface area (Å²) < 4.78 is 0. The van der Waals surface area contributed by atoms with Crippen LogP contribution in [0.2, 0.25) is 0 Å². The van der Waals surface area contributed by atoms with E-state index in [0.717, 1.165) is 6.42 Å². The number of anilines is 2. The van der Waals surface area contributed by atoms with Crippen LogP contribution in [0.4, 0.5) is 11.4 Å². The molecule has 0 fully saturated rings. The highest BCUT2D eigenvalue weighted by atomic mass is 15.1. The zero-order valence-electron chi connectivity index (χ0n) is 7.83. The standard InChI is InChI=1S/C12H12N2/c1-2-6-10-9(5-1)13-11-7-3-4-8-12(11)14-10/h1-7,12-14H,8H2. The molecule has 1 atom stereocenters. The lowest BCUT2D eigenvalue weighted by Gasteiger charge is -2.31. The Bertz CT molecular complexity index is 418. The molecule has 0 bridgehead atoms. The molecule has 14 heavy (non-hydrogen) atoms. The molecule has 1 aromatic rings. The lowest BCUT2D eigenvalue weighted by molar-refractivity contribution is 0.819. The first-order chi connectivity index (χ1) is 6.93. The smallest absolute Gasteiger partial charge is 0.0698 e. The molecule has 2 heteroatoms. The van der Waals surface area contributed by atoms with E-state index in [1.807, 2.05) is 6.07 Å². The van der Waals surface area contributed by atoms with E-state index in [1.54, 1.807) is 0 Å². The van der Waals surface area contributed by atoms with Gasteiger partial charge in [0.05, 0.1) is 17.4 Å². The van der Waals surface area contributed by atoms with Gasteiger partial charge >= 0.3 is 0 Å². The van der Waals surface area contributed by atoms with Crippen LogP contribution in [-0.4, -0.2) is 6.04 Å². The number of hydrogen-bond acceptors (Lipinski definition) is 2. The fourth-order valence-corrected chi connectivity index (χ4v) is 1.96. The van der Waals surface area contributed by atoms with Gasteiger partial charge in [-0.3, -0.25) is 0 Å². The average Bonchev–Trinajstić information content (AvgIpc) is 2.26. The minimum atomic E-state index is 0.426. The molecule has 3 rings (SSSR count). The third-order valence-electron chi connectivity index (χ3n) is 2.69. The minimum absolute atomic E-state index is 0.426. The molecule has 1 aliphatic heterocycles. The van der Waals surface area contributed by atoms with Crippen molar-refractivity contribution in [2.24, 2.45) is 0 Å². The molecule has 0 aromatic heterocycles. The molecular formula is C12H12N2. The Hall–Kier alpha value is -1.70. The van der Waals surface area contributed by atoms with Crippen LogP contribution in [-0.2, 0) is 0 Å². The first-order valence-corrected chi connectivity index (χ1v) is 4.93. The highest BCUT2D eigenvalue weighted by molar-refractivity contribution is 5.75. The topological polar surface area (TPSA) is 24.1 Å². The molecule has 1 aliphatic carbocycles. The summed E-state index contributed by atoms with van der Waals surface area (Å²) in [5.41, 5.74) is 3.64. The van der Waals surface area contributed by atoms with Crippen molar-refractivity contribution in [2.75, 3.05) is 10.6 Å². The van der Waals surface area contributed by atoms with Crippen molar-refractivity contribution in [1.82, 2.24) is 0 Å². The molecule has 70 valence electrons. The summed E-state index contributed by atoms with van der Waals surface area (Å²) in [7, 11) is 0. The highest BCUT2D eigenvalue weighted by Gasteiger charge is 2.21. The van der Waals surface area contributed by atoms with Gasteiger partial charge in [0.2, 0.25) is 0 Å². The first kappa shape index (κ1) is 7.68. The minimum Gasteiger partial charge on any atom is -0.375 e. The maximum atomic E-state index is 3.52. The summed E-state index contributed by atoms with van der Waals surface area (Å²) in [6.07, 6.45) is 7.50. The summed E-state index contributed by atoms with van der Waals surface area (Å²) in [4.78, 5) is 0. The van der Waals surface area contributed by atoms with Gasteiger partial charge in [0.1, 0.15) is 0 Å². The Morgan fingerprint density at radius 3 is 2.93 bits per heavy atom. The van der Waals surface area contributed by atoms with Gasteiger partial charge in [0.25, 0.3) is 0 Å². The predicted octanol–water partition coefficient (Wildman–Crippen LogP) is 2.74. The van der Waals surface area contributed by atoms with Crippen LogP contribution in [0.3, 0.4) is 0 Å². The molecule has 2 N–H and O–H groups in total. The van der Waals surface area contributed by atoms with Gasteiger partial charge in [0.15, 0.2) is 0 Å². The number of fused-ring (bicyclic) bond motifs is 2. The van der Waals surface area contributed by atoms with Crippen molar-refractivity contribution in [3.63, 3.8) is 0 Å². The van der Waals surface area contributed by atoms with Crippen LogP contribution in [0.5, 0.6) is 0 Å². The SMILES string of the molecule is C1=CCC2Nc3ccccc3NC2=C1. The quantitative estimate of drug-likeness (QED) is 0.647. The molecule has 0 saturated heterocycles. The number of nitrogens with one attached hydrogen (secondary N) is 2. The van der Waals surface area contributed by atoms with Gasteiger partial charge in [-0.2, -0.15) is 0 Å². The average molecular weight is 184 g/mol. The lowest BCUT2D eigenvalue weighted by atomic mass is 10.0. The van der Waals surface area contributed by atoms with Crippen LogP contribution < -0.4 is 10.6 Å². The van der Waals surface area contributed by atoms with Crippen LogP contribution >= 0.6 is 0 Å². The zero-order chi connectivity index (χ0) is 9.38. The number of allylic oxidation sites excluding steroid dienone is 2. The van der Waals surface area contributed by atoms with Gasteiger partial charge in [-0.25, -0.2) is 0 Å². The van der Waals surface area contributed by atoms with E-state index in [1.165, 1.54) is 17.1 Å². The van der Waals surface area contributed by atoms with Gasteiger partial charge in [-0.05, 0) is 24.6 Å². The van der Waals surface area contributed by atoms with Crippen LogP contribution in [0, 0.1) is 0 Å². The van der Waals surface area contributed by atoms with E-state index >= 15 is 0 Å². The molecular weight excluding hydrogens is 172 g/mol. The maximum absolute atomic E-state index is 3.52. The molecule has 1 unspecified atom stereocenters. The molecule has 2 nitrogen and oxygen atoms in total. The van der Waals surface area contributed by atoms with Crippen molar-refractivity contribution < 1.29 is 0 Å². The maximum Gasteiger partial charge on any atom is 0.0698 e. The zero-order valence-corrected chi connectivity index (χ0v) is 7.83. The van der Waals surface area contributed by atoms with Crippen molar-refractivity contribution >= 4 is 11.4 Å². The van der Waals surface area contributed by atoms with Gasteiger partial charge < -0.3 is 10.6 Å². The second-order valence-corrected chi connectivity index (χ2v) is 3.65. The number of para-hydroxylation sites is 2. The molecule has 2 aliphatic rings. The molecule has 0 spiro atoms. The van der Waals surface area contributed by atoms with E-state index in [0.29, 0.717) is 6.04 Å². The molecule has 1 aromatic carbocycles. The van der Waals surface area contributed by atoms with E-state index in [4.69, 9.17) is 0 Å². The van der Waals surface area contributed by atoms with E-state index < -0.39 is 0 Å². The van der Waals surface area contributed by atoms with Gasteiger partial charge in [-0.15, -0.1) is 0 Å². The fourth-order valence-electron chi connectivity index (χ4n) is 1.96. The lowest BCUT2D eigenvalue weighted by Crippen LogP contribution is -2.31. The Kier molecular flexibility index (Phi) is 1.60. The monoisotopic (exact) mass is 184 g/mol. The second-order valence-electron chi connectivity index (χ2n) is 3.65. The summed E-state index contributed by atoms with van der Waals surface area (Å²) in [6, 6.07) is 8.73. The normalized spacial score (nSPS) is 22.6. The van der Waals surface area contributed by atoms with Crippen LogP contribution in [0.15, 0.2) is 48.2 Å². The van der Waals surface area contributed by atoms with Crippen LogP contribution in [0.25, 0.3) is 0 Å². The fraction of sp³-hybridized carbons (Fsp3) is 0.167. The summed E-state index contributed by atoms with van der Waals surface area (Å²) in [5.74, 6) is 0. The van der Waals surface area contributed by atoms with Crippen molar-refractivity contribution in [3.05, 3.63) is 48.2 Å². The highest BCUT2D eigenvalue weighted by Crippen LogP contribution is 2.31. The largest absolute Gasteiger partial charge is 0.375 e. The summed E-state index contributed by atoms with van der Waals surface area (Å²) in [5, 5.41) is 6.96. The Balaban J connectivity index is 2.03. The van der Waals surface area contributed by atoms with Crippen molar-refractivity contribution in [2.45, 2.75) is 12.5 Å². The van der Waals surface area contributed by atoms with Gasteiger partial charge in [-0.1, -0.05) is 24.3 Å². The summed E-state index contributed by atoms with van der Waals surface area (Å²) in [6.45, 7) is 0. The predicted molar refractivity (Wildman–Crippen MR) is 59.3 cm³/mol. The molecule has 0 radical (unpaired) electrons. The third-order valence-corrected chi connectivity index (χ3v) is 2.69. The number of benzene rings is 1. The third kappa shape index (κ3) is 1.11. The number of rotatable bonds is 0. The number of hydrogen-bond donors (Lipinski definition) is 2. The van der Waals surface area contributed by atoms with Gasteiger partial charge in [0, 0.05) is 5.70 Å². The van der Waals surface area contributed by atoms with E-state index in [9.17, 15) is 0 Å². The Morgan fingerprint density at radius 1 is 1.14 bits per heavy atom. The Labute approximate surface area is 83.3 Å². The molecule has 0 amide bonds. The molecule has 0 saturated carbocycles. The second kappa shape index (κ2) is 2.91. The van der Waals surface area contributed by atoms with Crippen molar-refractivity contribution in [1.29, 1.82) is 0 Å². The summed E-state index contributed by atoms with van der Waals surface area (Å²) >= 11 is 0. The Morgan fingerprint density at radius 2 is 2.00 bits per heavy atom. The van der Waals surface area contributed by atoms with E-state index in [2.05, 4.69) is 47.1 Å². The van der Waals surface area contributed by atoms with E-state index in [-0.39, 0.29) is 0 Å². The molecule has 1 heterocycles. The first-order valence-electron chi connectivity index (χ1n) is 4.93.